The summed E-state index contributed by atoms with van der Waals surface area (Å²) in [4.78, 5) is 5.02. The zero-order valence-electron chi connectivity index (χ0n) is 8.80. The van der Waals surface area contributed by atoms with E-state index >= 15 is 0 Å². The second-order valence-corrected chi connectivity index (χ2v) is 4.39. The number of nitrogens with zero attached hydrogens (tertiary/aromatic N) is 2. The molecule has 0 spiro atoms. The van der Waals surface area contributed by atoms with Crippen molar-refractivity contribution in [1.82, 2.24) is 9.80 Å². The average Bonchev–Trinajstić information content (AvgIpc) is 2.30. The van der Waals surface area contributed by atoms with Crippen molar-refractivity contribution in [2.75, 3.05) is 38.6 Å². The van der Waals surface area contributed by atoms with Gasteiger partial charge in [0.25, 0.3) is 0 Å². The van der Waals surface area contributed by atoms with E-state index in [4.69, 9.17) is 11.6 Å². The maximum atomic E-state index is 5.73. The lowest BCUT2D eigenvalue weighted by atomic mass is 10.3. The first-order chi connectivity index (χ1) is 6.24. The van der Waals surface area contributed by atoms with Crippen molar-refractivity contribution < 1.29 is 0 Å². The Kier molecular flexibility index (Phi) is 5.07. The molecule has 0 unspecified atom stereocenters. The zero-order chi connectivity index (χ0) is 9.68. The Labute approximate surface area is 86.8 Å². The summed E-state index contributed by atoms with van der Waals surface area (Å²) in [5.41, 5.74) is 0. The molecule has 0 aromatic rings. The summed E-state index contributed by atoms with van der Waals surface area (Å²) >= 11 is 5.73. The van der Waals surface area contributed by atoms with E-state index in [1.165, 1.54) is 32.6 Å². The Balaban J connectivity index is 2.30. The molecule has 0 atom stereocenters. The van der Waals surface area contributed by atoms with Crippen molar-refractivity contribution in [3.63, 3.8) is 0 Å². The van der Waals surface area contributed by atoms with Crippen LogP contribution in [-0.2, 0) is 0 Å². The van der Waals surface area contributed by atoms with Gasteiger partial charge in [0.2, 0.25) is 0 Å². The molecule has 1 fully saturated rings. The van der Waals surface area contributed by atoms with Crippen LogP contribution in [0.5, 0.6) is 0 Å². The van der Waals surface area contributed by atoms with Crippen molar-refractivity contribution >= 4 is 11.6 Å². The van der Waals surface area contributed by atoms with Crippen LogP contribution >= 0.6 is 11.6 Å². The molecular weight excluding hydrogens is 184 g/mol. The molecular formula is C10H21ClN2. The van der Waals surface area contributed by atoms with Crippen LogP contribution in [0.15, 0.2) is 0 Å². The van der Waals surface area contributed by atoms with E-state index in [0.29, 0.717) is 6.04 Å². The maximum absolute atomic E-state index is 5.73. The Morgan fingerprint density at radius 3 is 2.54 bits per heavy atom. The lowest BCUT2D eigenvalue weighted by Crippen LogP contribution is -2.35. The van der Waals surface area contributed by atoms with Crippen LogP contribution in [0.4, 0.5) is 0 Å². The number of halogens is 1. The monoisotopic (exact) mass is 204 g/mol. The van der Waals surface area contributed by atoms with E-state index in [1.807, 2.05) is 0 Å². The fraction of sp³-hybridized carbons (Fsp3) is 1.00. The Morgan fingerprint density at radius 2 is 1.92 bits per heavy atom. The highest BCUT2D eigenvalue weighted by Gasteiger charge is 2.15. The first-order valence-electron chi connectivity index (χ1n) is 5.26. The summed E-state index contributed by atoms with van der Waals surface area (Å²) in [6, 6.07) is 0.691. The lowest BCUT2D eigenvalue weighted by Gasteiger charge is -2.24. The number of alkyl halides is 1. The second-order valence-electron chi connectivity index (χ2n) is 4.01. The SMILES string of the molecule is CC(C)N1CCCN(CCCl)CC1. The minimum Gasteiger partial charge on any atom is -0.301 e. The van der Waals surface area contributed by atoms with E-state index in [1.54, 1.807) is 0 Å². The van der Waals surface area contributed by atoms with Crippen molar-refractivity contribution in [2.24, 2.45) is 0 Å². The lowest BCUT2D eigenvalue weighted by molar-refractivity contribution is 0.223. The minimum absolute atomic E-state index is 0.691. The molecule has 3 heteroatoms. The van der Waals surface area contributed by atoms with Gasteiger partial charge in [-0.3, -0.25) is 4.90 Å². The predicted molar refractivity (Wildman–Crippen MR) is 58.5 cm³/mol. The van der Waals surface area contributed by atoms with E-state index in [2.05, 4.69) is 23.6 Å². The molecule has 2 nitrogen and oxygen atoms in total. The van der Waals surface area contributed by atoms with Gasteiger partial charge in [-0.15, -0.1) is 11.6 Å². The molecule has 0 aliphatic carbocycles. The van der Waals surface area contributed by atoms with Gasteiger partial charge in [0.1, 0.15) is 0 Å². The molecule has 0 aromatic heterocycles. The van der Waals surface area contributed by atoms with Crippen molar-refractivity contribution in [1.29, 1.82) is 0 Å². The van der Waals surface area contributed by atoms with E-state index in [9.17, 15) is 0 Å². The predicted octanol–water partition coefficient (Wildman–Crippen LogP) is 1.64. The quantitative estimate of drug-likeness (QED) is 0.645. The number of hydrogen-bond donors (Lipinski definition) is 0. The summed E-state index contributed by atoms with van der Waals surface area (Å²) in [5, 5.41) is 0. The molecule has 0 amide bonds. The molecule has 1 aliphatic heterocycles. The van der Waals surface area contributed by atoms with Crippen molar-refractivity contribution in [3.8, 4) is 0 Å². The van der Waals surface area contributed by atoms with Gasteiger partial charge in [-0.05, 0) is 33.4 Å². The Morgan fingerprint density at radius 1 is 1.15 bits per heavy atom. The van der Waals surface area contributed by atoms with Gasteiger partial charge in [-0.2, -0.15) is 0 Å². The Bertz CT molecular complexity index is 139. The number of rotatable bonds is 3. The van der Waals surface area contributed by atoms with E-state index in [-0.39, 0.29) is 0 Å². The average molecular weight is 205 g/mol. The van der Waals surface area contributed by atoms with Crippen LogP contribution in [0.1, 0.15) is 20.3 Å². The molecule has 0 aromatic carbocycles. The van der Waals surface area contributed by atoms with Crippen molar-refractivity contribution in [3.05, 3.63) is 0 Å². The smallest absolute Gasteiger partial charge is 0.0351 e. The molecule has 0 N–H and O–H groups in total. The summed E-state index contributed by atoms with van der Waals surface area (Å²) in [6.45, 7) is 10.5. The fourth-order valence-corrected chi connectivity index (χ4v) is 2.09. The van der Waals surface area contributed by atoms with Crippen LogP contribution in [0.2, 0.25) is 0 Å². The highest BCUT2D eigenvalue weighted by atomic mass is 35.5. The van der Waals surface area contributed by atoms with Crippen LogP contribution in [0.3, 0.4) is 0 Å². The van der Waals surface area contributed by atoms with Crippen LogP contribution < -0.4 is 0 Å². The molecule has 1 heterocycles. The standard InChI is InChI=1S/C10H21ClN2/c1-10(2)13-6-3-5-12(7-4-11)8-9-13/h10H,3-9H2,1-2H3. The molecule has 1 aliphatic rings. The van der Waals surface area contributed by atoms with Gasteiger partial charge in [-0.1, -0.05) is 0 Å². The molecule has 13 heavy (non-hydrogen) atoms. The first kappa shape index (κ1) is 11.3. The molecule has 0 radical (unpaired) electrons. The third kappa shape index (κ3) is 3.84. The number of hydrogen-bond acceptors (Lipinski definition) is 2. The maximum Gasteiger partial charge on any atom is 0.0351 e. The summed E-state index contributed by atoms with van der Waals surface area (Å²) in [6.07, 6.45) is 1.29. The zero-order valence-corrected chi connectivity index (χ0v) is 9.56. The van der Waals surface area contributed by atoms with Gasteiger partial charge < -0.3 is 4.90 Å². The van der Waals surface area contributed by atoms with Gasteiger partial charge in [0.05, 0.1) is 0 Å². The van der Waals surface area contributed by atoms with Crippen molar-refractivity contribution in [2.45, 2.75) is 26.3 Å². The van der Waals surface area contributed by atoms with Gasteiger partial charge in [0, 0.05) is 31.6 Å². The minimum atomic E-state index is 0.691. The van der Waals surface area contributed by atoms with Gasteiger partial charge >= 0.3 is 0 Å². The molecule has 1 rings (SSSR count). The van der Waals surface area contributed by atoms with Gasteiger partial charge in [-0.25, -0.2) is 0 Å². The molecule has 0 bridgehead atoms. The van der Waals surface area contributed by atoms with Crippen LogP contribution in [0.25, 0.3) is 0 Å². The van der Waals surface area contributed by atoms with E-state index in [0.717, 1.165) is 12.4 Å². The summed E-state index contributed by atoms with van der Waals surface area (Å²) in [7, 11) is 0. The largest absolute Gasteiger partial charge is 0.301 e. The third-order valence-electron chi connectivity index (χ3n) is 2.75. The van der Waals surface area contributed by atoms with E-state index < -0.39 is 0 Å². The molecule has 78 valence electrons. The van der Waals surface area contributed by atoms with Crippen LogP contribution in [-0.4, -0.2) is 54.4 Å². The summed E-state index contributed by atoms with van der Waals surface area (Å²) in [5.74, 6) is 0.766. The van der Waals surface area contributed by atoms with Crippen LogP contribution in [0, 0.1) is 0 Å². The normalized spacial score (nSPS) is 22.2. The highest BCUT2D eigenvalue weighted by molar-refractivity contribution is 6.18. The Hall–Kier alpha value is 0.210. The molecule has 0 saturated carbocycles. The topological polar surface area (TPSA) is 6.48 Å². The second kappa shape index (κ2) is 5.84. The highest BCUT2D eigenvalue weighted by Crippen LogP contribution is 2.06. The fourth-order valence-electron chi connectivity index (χ4n) is 1.85. The first-order valence-corrected chi connectivity index (χ1v) is 5.80. The molecule has 1 saturated heterocycles. The van der Waals surface area contributed by atoms with Gasteiger partial charge in [0.15, 0.2) is 0 Å². The third-order valence-corrected chi connectivity index (χ3v) is 2.92. The summed E-state index contributed by atoms with van der Waals surface area (Å²) < 4.78 is 0.